The second kappa shape index (κ2) is 10.8. The van der Waals surface area contributed by atoms with Gasteiger partial charge in [-0.25, -0.2) is 0 Å². The molecular formula is C20H28N6OS. The summed E-state index contributed by atoms with van der Waals surface area (Å²) >= 11 is 1.39. The van der Waals surface area contributed by atoms with Gasteiger partial charge < -0.3 is 9.47 Å². The van der Waals surface area contributed by atoms with Gasteiger partial charge in [-0.05, 0) is 26.1 Å². The van der Waals surface area contributed by atoms with Gasteiger partial charge >= 0.3 is 0 Å². The summed E-state index contributed by atoms with van der Waals surface area (Å²) in [5.41, 5.74) is 1.16. The second-order valence-corrected chi connectivity index (χ2v) is 7.75. The van der Waals surface area contributed by atoms with E-state index in [1.807, 2.05) is 32.3 Å². The Balaban J connectivity index is 2.22. The Morgan fingerprint density at radius 3 is 2.57 bits per heavy atom. The molecule has 0 N–H and O–H groups in total. The lowest BCUT2D eigenvalue weighted by Gasteiger charge is -2.23. The van der Waals surface area contributed by atoms with Crippen LogP contribution in [0.25, 0.3) is 0 Å². The average molecular weight is 401 g/mol. The number of amides is 1. The van der Waals surface area contributed by atoms with Crippen molar-refractivity contribution in [2.75, 3.05) is 33.4 Å². The van der Waals surface area contributed by atoms with Gasteiger partial charge in [0.2, 0.25) is 5.91 Å². The fourth-order valence-electron chi connectivity index (χ4n) is 2.93. The zero-order chi connectivity index (χ0) is 20.5. The van der Waals surface area contributed by atoms with Crippen LogP contribution in [0.15, 0.2) is 35.5 Å². The molecule has 0 radical (unpaired) electrons. The lowest BCUT2D eigenvalue weighted by Crippen LogP contribution is -2.29. The van der Waals surface area contributed by atoms with Crippen LogP contribution in [0, 0.1) is 11.3 Å². The Labute approximate surface area is 171 Å². The minimum Gasteiger partial charge on any atom is -0.344 e. The summed E-state index contributed by atoms with van der Waals surface area (Å²) in [4.78, 5) is 16.1. The third-order valence-electron chi connectivity index (χ3n) is 4.55. The second-order valence-electron chi connectivity index (χ2n) is 6.81. The van der Waals surface area contributed by atoms with Crippen molar-refractivity contribution in [2.45, 2.75) is 37.5 Å². The first-order valence-corrected chi connectivity index (χ1v) is 10.3. The highest BCUT2D eigenvalue weighted by Gasteiger charge is 2.23. The molecule has 2 rings (SSSR count). The summed E-state index contributed by atoms with van der Waals surface area (Å²) in [6.07, 6.45) is 1.25. The van der Waals surface area contributed by atoms with Crippen molar-refractivity contribution in [3.05, 3.63) is 41.7 Å². The number of carbonyl (C=O) groups is 1. The van der Waals surface area contributed by atoms with Gasteiger partial charge in [0.25, 0.3) is 0 Å². The Morgan fingerprint density at radius 1 is 1.25 bits per heavy atom. The number of carbonyl (C=O) groups excluding carboxylic acids is 1. The Bertz CT molecular complexity index is 799. The fourth-order valence-corrected chi connectivity index (χ4v) is 3.81. The molecule has 1 aromatic heterocycles. The van der Waals surface area contributed by atoms with Crippen LogP contribution in [0.2, 0.25) is 0 Å². The third kappa shape index (κ3) is 5.81. The summed E-state index contributed by atoms with van der Waals surface area (Å²) in [5.74, 6) is 1.16. The summed E-state index contributed by atoms with van der Waals surface area (Å²) in [6, 6.07) is 12.4. The first kappa shape index (κ1) is 21.9. The minimum absolute atomic E-state index is 0.0179. The Hall–Kier alpha value is -2.37. The van der Waals surface area contributed by atoms with Crippen LogP contribution in [0.5, 0.6) is 0 Å². The van der Waals surface area contributed by atoms with Crippen molar-refractivity contribution >= 4 is 17.7 Å². The van der Waals surface area contributed by atoms with Crippen LogP contribution in [0.3, 0.4) is 0 Å². The molecule has 1 unspecified atom stereocenters. The minimum atomic E-state index is -0.0179. The number of hydrogen-bond acceptors (Lipinski definition) is 6. The number of hydrogen-bond donors (Lipinski definition) is 0. The fraction of sp³-hybridized carbons (Fsp3) is 0.500. The third-order valence-corrected chi connectivity index (χ3v) is 5.50. The van der Waals surface area contributed by atoms with Gasteiger partial charge in [0.1, 0.15) is 0 Å². The highest BCUT2D eigenvalue weighted by molar-refractivity contribution is 7.99. The van der Waals surface area contributed by atoms with Crippen LogP contribution in [-0.2, 0) is 11.3 Å². The van der Waals surface area contributed by atoms with Crippen LogP contribution < -0.4 is 0 Å². The van der Waals surface area contributed by atoms with Crippen LogP contribution in [0.1, 0.15) is 37.2 Å². The average Bonchev–Trinajstić information content (AvgIpc) is 3.07. The summed E-state index contributed by atoms with van der Waals surface area (Å²) < 4.78 is 2.11. The highest BCUT2D eigenvalue weighted by Crippen LogP contribution is 2.26. The summed E-state index contributed by atoms with van der Waals surface area (Å²) in [6.45, 7) is 3.23. The van der Waals surface area contributed by atoms with Gasteiger partial charge in [0.15, 0.2) is 11.0 Å². The van der Waals surface area contributed by atoms with E-state index < -0.39 is 0 Å². The molecule has 1 aromatic carbocycles. The molecule has 0 bridgehead atoms. The molecule has 1 heterocycles. The first-order chi connectivity index (χ1) is 13.5. The van der Waals surface area contributed by atoms with Crippen LogP contribution in [0.4, 0.5) is 0 Å². The normalized spacial score (nSPS) is 12.0. The lowest BCUT2D eigenvalue weighted by molar-refractivity contribution is -0.127. The topological polar surface area (TPSA) is 78.0 Å². The Morgan fingerprint density at radius 2 is 1.96 bits per heavy atom. The van der Waals surface area contributed by atoms with Crippen molar-refractivity contribution in [1.82, 2.24) is 24.6 Å². The molecule has 8 heteroatoms. The molecule has 150 valence electrons. The molecule has 0 saturated carbocycles. The molecule has 0 aliphatic heterocycles. The smallest absolute Gasteiger partial charge is 0.232 e. The maximum absolute atomic E-state index is 12.3. The zero-order valence-electron chi connectivity index (χ0n) is 17.0. The Kier molecular flexibility index (Phi) is 8.48. The van der Waals surface area contributed by atoms with Crippen molar-refractivity contribution < 1.29 is 4.79 Å². The summed E-state index contributed by atoms with van der Waals surface area (Å²) in [5, 5.41) is 18.3. The van der Waals surface area contributed by atoms with Crippen molar-refractivity contribution in [1.29, 1.82) is 5.26 Å². The molecule has 28 heavy (non-hydrogen) atoms. The predicted octanol–water partition coefficient (Wildman–Crippen LogP) is 2.80. The van der Waals surface area contributed by atoms with Crippen molar-refractivity contribution in [3.8, 4) is 6.07 Å². The van der Waals surface area contributed by atoms with Gasteiger partial charge in [-0.3, -0.25) is 9.69 Å². The van der Waals surface area contributed by atoms with E-state index >= 15 is 0 Å². The summed E-state index contributed by atoms with van der Waals surface area (Å²) in [7, 11) is 5.80. The van der Waals surface area contributed by atoms with E-state index in [0.717, 1.165) is 23.0 Å². The van der Waals surface area contributed by atoms with E-state index in [1.54, 1.807) is 11.9 Å². The maximum Gasteiger partial charge on any atom is 0.232 e. The first-order valence-electron chi connectivity index (χ1n) is 9.35. The molecule has 0 fully saturated rings. The van der Waals surface area contributed by atoms with Gasteiger partial charge in [0, 0.05) is 13.6 Å². The molecule has 0 saturated heterocycles. The van der Waals surface area contributed by atoms with Crippen LogP contribution >= 0.6 is 11.8 Å². The molecule has 0 spiro atoms. The molecular weight excluding hydrogens is 372 g/mol. The molecule has 1 amide bonds. The number of benzene rings is 1. The molecule has 2 aromatic rings. The zero-order valence-corrected chi connectivity index (χ0v) is 17.8. The highest BCUT2D eigenvalue weighted by atomic mass is 32.2. The van der Waals surface area contributed by atoms with E-state index in [-0.39, 0.29) is 17.7 Å². The van der Waals surface area contributed by atoms with Gasteiger partial charge in [0.05, 0.1) is 30.8 Å². The maximum atomic E-state index is 12.3. The lowest BCUT2D eigenvalue weighted by atomic mass is 10.2. The number of thioether (sulfide) groups is 1. The molecule has 1 atom stereocenters. The molecule has 0 aliphatic carbocycles. The van der Waals surface area contributed by atoms with E-state index in [2.05, 4.69) is 44.8 Å². The van der Waals surface area contributed by atoms with E-state index in [9.17, 15) is 4.79 Å². The van der Waals surface area contributed by atoms with Gasteiger partial charge in [-0.2, -0.15) is 5.26 Å². The standard InChI is InChI=1S/C20H28N6OS/c1-5-17(24(2)3)19-22-23-20(26(19)14-16-10-7-6-8-11-16)28-15-18(27)25(4)13-9-12-21/h6-8,10-11,17H,5,9,13-15H2,1-4H3. The number of aromatic nitrogens is 3. The van der Waals surface area contributed by atoms with Crippen LogP contribution in [-0.4, -0.2) is 63.9 Å². The monoisotopic (exact) mass is 400 g/mol. The van der Waals surface area contributed by atoms with Crippen molar-refractivity contribution in [2.24, 2.45) is 0 Å². The van der Waals surface area contributed by atoms with Gasteiger partial charge in [-0.15, -0.1) is 10.2 Å². The van der Waals surface area contributed by atoms with Gasteiger partial charge in [-0.1, -0.05) is 49.0 Å². The number of nitriles is 1. The van der Waals surface area contributed by atoms with E-state index in [1.165, 1.54) is 11.8 Å². The largest absolute Gasteiger partial charge is 0.344 e. The quantitative estimate of drug-likeness (QED) is 0.571. The predicted molar refractivity (Wildman–Crippen MR) is 111 cm³/mol. The number of rotatable bonds is 10. The SMILES string of the molecule is CCC(c1nnc(SCC(=O)N(C)CCC#N)n1Cc1ccccc1)N(C)C. The van der Waals surface area contributed by atoms with E-state index in [4.69, 9.17) is 5.26 Å². The number of nitrogens with zero attached hydrogens (tertiary/aromatic N) is 6. The molecule has 7 nitrogen and oxygen atoms in total. The van der Waals surface area contributed by atoms with E-state index in [0.29, 0.717) is 19.5 Å². The van der Waals surface area contributed by atoms with Crippen molar-refractivity contribution in [3.63, 3.8) is 0 Å². The molecule has 0 aliphatic rings.